The molecule has 0 saturated heterocycles. The molecule has 2 rings (SSSR count). The number of carboxylic acids is 1. The Labute approximate surface area is 117 Å². The summed E-state index contributed by atoms with van der Waals surface area (Å²) in [6.07, 6.45) is 5.98. The lowest BCUT2D eigenvalue weighted by Gasteiger charge is -1.96. The van der Waals surface area contributed by atoms with Crippen LogP contribution >= 0.6 is 0 Å². The Balaban J connectivity index is 2.25. The maximum atomic E-state index is 11.3. The summed E-state index contributed by atoms with van der Waals surface area (Å²) in [5.41, 5.74) is 1.67. The summed E-state index contributed by atoms with van der Waals surface area (Å²) in [7, 11) is 0. The maximum Gasteiger partial charge on any atom is 0.341 e. The Morgan fingerprint density at radius 1 is 1.30 bits per heavy atom. The minimum atomic E-state index is -0.995. The van der Waals surface area contributed by atoms with Crippen LogP contribution in [-0.2, 0) is 6.42 Å². The van der Waals surface area contributed by atoms with Crippen molar-refractivity contribution in [1.82, 2.24) is 5.16 Å². The number of hydrogen-bond acceptors (Lipinski definition) is 3. The molecule has 0 radical (unpaired) electrons. The van der Waals surface area contributed by atoms with Crippen molar-refractivity contribution in [3.8, 4) is 0 Å². The minimum absolute atomic E-state index is 0.172. The molecule has 20 heavy (non-hydrogen) atoms. The molecule has 1 N–H and O–H groups in total. The van der Waals surface area contributed by atoms with Crippen LogP contribution in [0.15, 0.2) is 34.9 Å². The summed E-state index contributed by atoms with van der Waals surface area (Å²) < 4.78 is 5.16. The molecule has 0 aliphatic rings. The van der Waals surface area contributed by atoms with Crippen LogP contribution in [0.3, 0.4) is 0 Å². The van der Waals surface area contributed by atoms with Gasteiger partial charge in [0.15, 0.2) is 5.76 Å². The summed E-state index contributed by atoms with van der Waals surface area (Å²) in [6, 6.07) is 9.64. The smallest absolute Gasteiger partial charge is 0.341 e. The fraction of sp³-hybridized carbons (Fsp3) is 0.250. The summed E-state index contributed by atoms with van der Waals surface area (Å²) in [5.74, 6) is -0.697. The third-order valence-corrected chi connectivity index (χ3v) is 3.00. The second kappa shape index (κ2) is 6.70. The van der Waals surface area contributed by atoms with Gasteiger partial charge in [0.25, 0.3) is 0 Å². The van der Waals surface area contributed by atoms with Crippen molar-refractivity contribution in [2.75, 3.05) is 0 Å². The van der Waals surface area contributed by atoms with E-state index in [0.29, 0.717) is 17.9 Å². The highest BCUT2D eigenvalue weighted by atomic mass is 16.5. The lowest BCUT2D eigenvalue weighted by molar-refractivity contribution is 0.0694. The largest absolute Gasteiger partial charge is 0.477 e. The fourth-order valence-electron chi connectivity index (χ4n) is 1.93. The van der Waals surface area contributed by atoms with Crippen LogP contribution < -0.4 is 0 Å². The monoisotopic (exact) mass is 271 g/mol. The summed E-state index contributed by atoms with van der Waals surface area (Å²) >= 11 is 0. The minimum Gasteiger partial charge on any atom is -0.477 e. The lowest BCUT2D eigenvalue weighted by Crippen LogP contribution is -2.02. The van der Waals surface area contributed by atoms with Crippen LogP contribution in [0.4, 0.5) is 0 Å². The zero-order chi connectivity index (χ0) is 14.4. The fourth-order valence-corrected chi connectivity index (χ4v) is 1.93. The van der Waals surface area contributed by atoms with Gasteiger partial charge in [-0.2, -0.15) is 0 Å². The van der Waals surface area contributed by atoms with Crippen molar-refractivity contribution in [3.63, 3.8) is 0 Å². The summed E-state index contributed by atoms with van der Waals surface area (Å²) in [4.78, 5) is 11.3. The predicted molar refractivity (Wildman–Crippen MR) is 77.4 cm³/mol. The van der Waals surface area contributed by atoms with Gasteiger partial charge in [0, 0.05) is 0 Å². The molecule has 0 bridgehead atoms. The molecular formula is C16H17NO3. The molecular weight excluding hydrogens is 254 g/mol. The Morgan fingerprint density at radius 3 is 2.70 bits per heavy atom. The molecule has 2 aromatic rings. The van der Waals surface area contributed by atoms with E-state index in [2.05, 4.69) is 12.1 Å². The molecule has 4 nitrogen and oxygen atoms in total. The molecule has 4 heteroatoms. The van der Waals surface area contributed by atoms with Crippen molar-refractivity contribution >= 4 is 18.1 Å². The number of carboxylic acid groups (broad SMARTS) is 1. The van der Waals surface area contributed by atoms with Crippen molar-refractivity contribution in [2.24, 2.45) is 0 Å². The topological polar surface area (TPSA) is 63.3 Å². The van der Waals surface area contributed by atoms with Gasteiger partial charge in [-0.05, 0) is 24.5 Å². The standard InChI is InChI=1S/C16H17NO3/c1-2-3-9-13-15(16(18)19)14(20-17-13)11-10-12-7-5-4-6-8-12/h4-8,10-11H,2-3,9H2,1H3,(H,18,19). The van der Waals surface area contributed by atoms with Crippen LogP contribution in [0, 0.1) is 0 Å². The van der Waals surface area contributed by atoms with Gasteiger partial charge in [0.1, 0.15) is 5.56 Å². The van der Waals surface area contributed by atoms with E-state index < -0.39 is 5.97 Å². The number of nitrogens with zero attached hydrogens (tertiary/aromatic N) is 1. The molecule has 0 saturated carbocycles. The maximum absolute atomic E-state index is 11.3. The highest BCUT2D eigenvalue weighted by Crippen LogP contribution is 2.19. The first kappa shape index (κ1) is 14.1. The second-order valence-corrected chi connectivity index (χ2v) is 4.52. The molecule has 0 aliphatic heterocycles. The van der Waals surface area contributed by atoms with Crippen LogP contribution in [0.2, 0.25) is 0 Å². The number of hydrogen-bond donors (Lipinski definition) is 1. The zero-order valence-corrected chi connectivity index (χ0v) is 11.4. The van der Waals surface area contributed by atoms with Crippen LogP contribution in [0.1, 0.15) is 47.1 Å². The number of unbranched alkanes of at least 4 members (excludes halogenated alkanes) is 1. The Bertz CT molecular complexity index is 599. The van der Waals surface area contributed by atoms with Gasteiger partial charge in [-0.25, -0.2) is 4.79 Å². The number of aromatic nitrogens is 1. The van der Waals surface area contributed by atoms with Crippen molar-refractivity contribution in [1.29, 1.82) is 0 Å². The Morgan fingerprint density at radius 2 is 2.05 bits per heavy atom. The van der Waals surface area contributed by atoms with Gasteiger partial charge < -0.3 is 9.63 Å². The quantitative estimate of drug-likeness (QED) is 0.865. The van der Waals surface area contributed by atoms with E-state index in [4.69, 9.17) is 4.52 Å². The van der Waals surface area contributed by atoms with E-state index in [1.54, 1.807) is 6.08 Å². The van der Waals surface area contributed by atoms with E-state index >= 15 is 0 Å². The van der Waals surface area contributed by atoms with E-state index in [0.717, 1.165) is 18.4 Å². The van der Waals surface area contributed by atoms with Gasteiger partial charge in [0.2, 0.25) is 0 Å². The third kappa shape index (κ3) is 3.35. The first-order chi connectivity index (χ1) is 9.72. The van der Waals surface area contributed by atoms with Gasteiger partial charge >= 0.3 is 5.97 Å². The first-order valence-electron chi connectivity index (χ1n) is 6.67. The van der Waals surface area contributed by atoms with Gasteiger partial charge in [-0.15, -0.1) is 0 Å². The van der Waals surface area contributed by atoms with E-state index in [9.17, 15) is 9.90 Å². The first-order valence-corrected chi connectivity index (χ1v) is 6.67. The number of aryl methyl sites for hydroxylation is 1. The lowest BCUT2D eigenvalue weighted by atomic mass is 10.1. The van der Waals surface area contributed by atoms with E-state index in [1.807, 2.05) is 36.4 Å². The zero-order valence-electron chi connectivity index (χ0n) is 11.4. The Hall–Kier alpha value is -2.36. The molecule has 0 unspecified atom stereocenters. The molecule has 1 heterocycles. The van der Waals surface area contributed by atoms with Gasteiger partial charge in [-0.3, -0.25) is 0 Å². The average molecular weight is 271 g/mol. The molecule has 0 atom stereocenters. The SMILES string of the molecule is CCCCc1noc(C=Cc2ccccc2)c1C(=O)O. The number of benzene rings is 1. The molecule has 0 amide bonds. The van der Waals surface area contributed by atoms with Gasteiger partial charge in [0.05, 0.1) is 5.69 Å². The second-order valence-electron chi connectivity index (χ2n) is 4.52. The van der Waals surface area contributed by atoms with Crippen LogP contribution in [0.5, 0.6) is 0 Å². The van der Waals surface area contributed by atoms with Crippen molar-refractivity contribution in [3.05, 3.63) is 52.9 Å². The van der Waals surface area contributed by atoms with E-state index in [1.165, 1.54) is 0 Å². The highest BCUT2D eigenvalue weighted by Gasteiger charge is 2.20. The molecule has 1 aromatic heterocycles. The number of carbonyl (C=O) groups is 1. The predicted octanol–water partition coefficient (Wildman–Crippen LogP) is 3.89. The van der Waals surface area contributed by atoms with E-state index in [-0.39, 0.29) is 5.56 Å². The third-order valence-electron chi connectivity index (χ3n) is 3.00. The Kier molecular flexibility index (Phi) is 4.71. The molecule has 0 fully saturated rings. The van der Waals surface area contributed by atoms with Crippen molar-refractivity contribution < 1.29 is 14.4 Å². The summed E-state index contributed by atoms with van der Waals surface area (Å²) in [6.45, 7) is 2.05. The highest BCUT2D eigenvalue weighted by molar-refractivity contribution is 5.93. The molecule has 1 aromatic carbocycles. The molecule has 0 spiro atoms. The molecule has 0 aliphatic carbocycles. The number of rotatable bonds is 6. The van der Waals surface area contributed by atoms with Crippen LogP contribution in [-0.4, -0.2) is 16.2 Å². The van der Waals surface area contributed by atoms with Gasteiger partial charge in [-0.1, -0.05) is 54.9 Å². The van der Waals surface area contributed by atoms with Crippen LogP contribution in [0.25, 0.3) is 12.2 Å². The summed E-state index contributed by atoms with van der Waals surface area (Å²) in [5, 5.41) is 13.2. The molecule has 104 valence electrons. The normalized spacial score (nSPS) is 11.1. The van der Waals surface area contributed by atoms with Crippen molar-refractivity contribution in [2.45, 2.75) is 26.2 Å². The average Bonchev–Trinajstić information content (AvgIpc) is 2.87. The number of aromatic carboxylic acids is 1.